The summed E-state index contributed by atoms with van der Waals surface area (Å²) in [6.07, 6.45) is 3.07. The molecule has 0 saturated carbocycles. The zero-order valence-corrected chi connectivity index (χ0v) is 15.8. The lowest BCUT2D eigenvalue weighted by Gasteiger charge is -2.14. The maximum atomic E-state index is 12.4. The minimum Gasteiger partial charge on any atom is -0.345 e. The second kappa shape index (κ2) is 8.45. The number of carbonyl (C=O) groups is 1. The summed E-state index contributed by atoms with van der Waals surface area (Å²) in [5, 5.41) is 6.11. The predicted molar refractivity (Wildman–Crippen MR) is 108 cm³/mol. The number of anilines is 2. The normalized spacial score (nSPS) is 11.9. The van der Waals surface area contributed by atoms with E-state index in [1.54, 1.807) is 0 Å². The van der Waals surface area contributed by atoms with E-state index in [4.69, 9.17) is 0 Å². The van der Waals surface area contributed by atoms with Crippen molar-refractivity contribution in [3.63, 3.8) is 0 Å². The molecule has 0 fully saturated rings. The molecule has 5 nitrogen and oxygen atoms in total. The van der Waals surface area contributed by atoms with Gasteiger partial charge in [-0.15, -0.1) is 0 Å². The molecule has 0 saturated heterocycles. The van der Waals surface area contributed by atoms with Crippen LogP contribution >= 0.6 is 0 Å². The number of aromatic nitrogens is 2. The highest BCUT2D eigenvalue weighted by Crippen LogP contribution is 2.19. The number of hydrogen-bond acceptors (Lipinski definition) is 4. The first-order chi connectivity index (χ1) is 13.0. The second-order valence-electron chi connectivity index (χ2n) is 6.80. The van der Waals surface area contributed by atoms with Crippen molar-refractivity contribution in [1.82, 2.24) is 15.3 Å². The summed E-state index contributed by atoms with van der Waals surface area (Å²) in [7, 11) is 0. The largest absolute Gasteiger partial charge is 0.345 e. The maximum absolute atomic E-state index is 12.4. The van der Waals surface area contributed by atoms with E-state index in [-0.39, 0.29) is 11.9 Å². The van der Waals surface area contributed by atoms with Crippen molar-refractivity contribution in [3.8, 4) is 0 Å². The molecule has 138 valence electrons. The summed E-state index contributed by atoms with van der Waals surface area (Å²) in [6, 6.07) is 17.9. The Balaban J connectivity index is 1.61. The van der Waals surface area contributed by atoms with Crippen molar-refractivity contribution in [2.24, 2.45) is 0 Å². The van der Waals surface area contributed by atoms with Crippen molar-refractivity contribution in [1.29, 1.82) is 0 Å². The average molecular weight is 360 g/mol. The number of hydrogen-bond donors (Lipinski definition) is 2. The van der Waals surface area contributed by atoms with Crippen LogP contribution in [0, 0.1) is 0 Å². The Morgan fingerprint density at radius 3 is 2.07 bits per heavy atom. The van der Waals surface area contributed by atoms with E-state index in [1.165, 1.54) is 18.0 Å². The Labute approximate surface area is 159 Å². The fourth-order valence-electron chi connectivity index (χ4n) is 2.70. The molecule has 1 aromatic heterocycles. The lowest BCUT2D eigenvalue weighted by atomic mass is 10.0. The molecule has 0 bridgehead atoms. The topological polar surface area (TPSA) is 66.9 Å². The van der Waals surface area contributed by atoms with E-state index in [9.17, 15) is 4.79 Å². The highest BCUT2D eigenvalue weighted by molar-refractivity contribution is 5.93. The van der Waals surface area contributed by atoms with E-state index in [1.807, 2.05) is 49.4 Å². The fourth-order valence-corrected chi connectivity index (χ4v) is 2.70. The molecule has 1 atom stereocenters. The number of rotatable bonds is 6. The Kier molecular flexibility index (Phi) is 5.81. The van der Waals surface area contributed by atoms with Crippen LogP contribution in [0.1, 0.15) is 54.2 Å². The highest BCUT2D eigenvalue weighted by Gasteiger charge is 2.12. The van der Waals surface area contributed by atoms with E-state index >= 15 is 0 Å². The zero-order chi connectivity index (χ0) is 19.2. The van der Waals surface area contributed by atoms with Gasteiger partial charge in [-0.2, -0.15) is 0 Å². The quantitative estimate of drug-likeness (QED) is 0.660. The zero-order valence-electron chi connectivity index (χ0n) is 15.8. The fraction of sp³-hybridized carbons (Fsp3) is 0.227. The molecular formula is C22H24N4O. The van der Waals surface area contributed by atoms with Crippen LogP contribution in [0.4, 0.5) is 11.6 Å². The number of nitrogens with one attached hydrogen (secondary N) is 2. The summed E-state index contributed by atoms with van der Waals surface area (Å²) in [6.45, 7) is 6.27. The Hall–Kier alpha value is -3.21. The smallest absolute Gasteiger partial charge is 0.254 e. The number of nitrogens with zero attached hydrogens (tertiary/aromatic N) is 2. The van der Waals surface area contributed by atoms with E-state index < -0.39 is 0 Å². The molecule has 0 spiro atoms. The van der Waals surface area contributed by atoms with Gasteiger partial charge < -0.3 is 10.6 Å². The molecule has 3 aromatic rings. The highest BCUT2D eigenvalue weighted by atomic mass is 16.1. The van der Waals surface area contributed by atoms with Gasteiger partial charge in [0.25, 0.3) is 5.91 Å². The molecular weight excluding hydrogens is 336 g/mol. The molecule has 2 N–H and O–H groups in total. The lowest BCUT2D eigenvalue weighted by Crippen LogP contribution is -2.26. The van der Waals surface area contributed by atoms with Crippen LogP contribution in [0.5, 0.6) is 0 Å². The molecule has 0 aliphatic rings. The van der Waals surface area contributed by atoms with Gasteiger partial charge in [0.2, 0.25) is 5.95 Å². The molecule has 1 unspecified atom stereocenters. The van der Waals surface area contributed by atoms with Gasteiger partial charge in [0, 0.05) is 18.1 Å². The SMILES string of the molecule is CC(C)c1ccc(Nc2ncc(C(=O)NC(C)c3ccccc3)cn2)cc1. The Morgan fingerprint density at radius 1 is 0.852 bits per heavy atom. The molecule has 0 aliphatic heterocycles. The molecule has 1 heterocycles. The minimum atomic E-state index is -0.195. The summed E-state index contributed by atoms with van der Waals surface area (Å²) in [5.74, 6) is 0.755. The Morgan fingerprint density at radius 2 is 1.48 bits per heavy atom. The van der Waals surface area contributed by atoms with Crippen molar-refractivity contribution in [2.75, 3.05) is 5.32 Å². The third-order valence-corrected chi connectivity index (χ3v) is 4.39. The summed E-state index contributed by atoms with van der Waals surface area (Å²) in [4.78, 5) is 20.9. The van der Waals surface area contributed by atoms with Gasteiger partial charge >= 0.3 is 0 Å². The van der Waals surface area contributed by atoms with Gasteiger partial charge in [0.15, 0.2) is 0 Å². The monoisotopic (exact) mass is 360 g/mol. The molecule has 2 aromatic carbocycles. The van der Waals surface area contributed by atoms with Gasteiger partial charge in [-0.3, -0.25) is 4.79 Å². The maximum Gasteiger partial charge on any atom is 0.254 e. The van der Waals surface area contributed by atoms with E-state index in [0.29, 0.717) is 17.4 Å². The lowest BCUT2D eigenvalue weighted by molar-refractivity contribution is 0.0939. The van der Waals surface area contributed by atoms with Crippen LogP contribution in [-0.2, 0) is 0 Å². The van der Waals surface area contributed by atoms with Crippen LogP contribution in [0.2, 0.25) is 0 Å². The molecule has 1 amide bonds. The summed E-state index contributed by atoms with van der Waals surface area (Å²) < 4.78 is 0. The van der Waals surface area contributed by atoms with Crippen molar-refractivity contribution in [2.45, 2.75) is 32.7 Å². The van der Waals surface area contributed by atoms with Gasteiger partial charge in [-0.1, -0.05) is 56.3 Å². The number of benzene rings is 2. The first kappa shape index (κ1) is 18.6. The third-order valence-electron chi connectivity index (χ3n) is 4.39. The van der Waals surface area contributed by atoms with Gasteiger partial charge in [-0.05, 0) is 36.1 Å². The average Bonchev–Trinajstić information content (AvgIpc) is 2.69. The molecule has 3 rings (SSSR count). The van der Waals surface area contributed by atoms with Crippen LogP contribution in [0.15, 0.2) is 67.0 Å². The van der Waals surface area contributed by atoms with Gasteiger partial charge in [0.05, 0.1) is 11.6 Å². The van der Waals surface area contributed by atoms with Crippen molar-refractivity contribution in [3.05, 3.63) is 83.7 Å². The van der Waals surface area contributed by atoms with Crippen LogP contribution in [0.25, 0.3) is 0 Å². The van der Waals surface area contributed by atoms with Crippen LogP contribution in [-0.4, -0.2) is 15.9 Å². The molecule has 27 heavy (non-hydrogen) atoms. The minimum absolute atomic E-state index is 0.0871. The van der Waals surface area contributed by atoms with Crippen LogP contribution < -0.4 is 10.6 Å². The number of carbonyl (C=O) groups excluding carboxylic acids is 1. The number of amides is 1. The first-order valence-electron chi connectivity index (χ1n) is 9.08. The van der Waals surface area contributed by atoms with E-state index in [2.05, 4.69) is 46.6 Å². The van der Waals surface area contributed by atoms with Crippen LogP contribution in [0.3, 0.4) is 0 Å². The van der Waals surface area contributed by atoms with Crippen molar-refractivity contribution >= 4 is 17.5 Å². The van der Waals surface area contributed by atoms with E-state index in [0.717, 1.165) is 11.3 Å². The standard InChI is InChI=1S/C22H24N4O/c1-15(2)17-9-11-20(12-10-17)26-22-23-13-19(14-24-22)21(27)25-16(3)18-7-5-4-6-8-18/h4-16H,1-3H3,(H,25,27)(H,23,24,26). The summed E-state index contributed by atoms with van der Waals surface area (Å²) in [5.41, 5.74) is 3.67. The molecule has 5 heteroatoms. The van der Waals surface area contributed by atoms with Gasteiger partial charge in [-0.25, -0.2) is 9.97 Å². The Bertz CT molecular complexity index is 874. The molecule has 0 radical (unpaired) electrons. The second-order valence-corrected chi connectivity index (χ2v) is 6.80. The third kappa shape index (κ3) is 4.91. The molecule has 0 aliphatic carbocycles. The first-order valence-corrected chi connectivity index (χ1v) is 9.08. The summed E-state index contributed by atoms with van der Waals surface area (Å²) >= 11 is 0. The predicted octanol–water partition coefficient (Wildman–Crippen LogP) is 4.83. The van der Waals surface area contributed by atoms with Gasteiger partial charge in [0.1, 0.15) is 0 Å². The van der Waals surface area contributed by atoms with Crippen molar-refractivity contribution < 1.29 is 4.79 Å².